The maximum atomic E-state index is 12.1. The number of methoxy groups -OCH3 is 2. The van der Waals surface area contributed by atoms with E-state index in [-0.39, 0.29) is 6.61 Å². The van der Waals surface area contributed by atoms with Gasteiger partial charge in [-0.25, -0.2) is 9.48 Å². The molecule has 1 aromatic heterocycles. The van der Waals surface area contributed by atoms with Gasteiger partial charge >= 0.3 is 5.97 Å². The Bertz CT molecular complexity index is 933. The van der Waals surface area contributed by atoms with Crippen molar-refractivity contribution in [2.45, 2.75) is 6.61 Å². The van der Waals surface area contributed by atoms with Crippen molar-refractivity contribution < 1.29 is 19.0 Å². The molecule has 6 heteroatoms. The van der Waals surface area contributed by atoms with Gasteiger partial charge in [0.15, 0.2) is 0 Å². The first-order chi connectivity index (χ1) is 13.2. The SMILES string of the molecule is CO/C=C(/C(=O)OC)c1ccccc1COc1cccc(-n2cccn2)c1. The van der Waals surface area contributed by atoms with Crippen LogP contribution in [0, 0.1) is 0 Å². The third kappa shape index (κ3) is 4.36. The number of nitrogens with zero attached hydrogens (tertiary/aromatic N) is 2. The summed E-state index contributed by atoms with van der Waals surface area (Å²) in [6.45, 7) is 0.288. The zero-order valence-corrected chi connectivity index (χ0v) is 15.2. The molecule has 0 amide bonds. The fourth-order valence-electron chi connectivity index (χ4n) is 2.66. The van der Waals surface area contributed by atoms with Gasteiger partial charge in [0.05, 0.1) is 26.2 Å². The van der Waals surface area contributed by atoms with E-state index in [2.05, 4.69) is 5.10 Å². The summed E-state index contributed by atoms with van der Waals surface area (Å²) >= 11 is 0. The molecule has 27 heavy (non-hydrogen) atoms. The predicted molar refractivity (Wildman–Crippen MR) is 101 cm³/mol. The Morgan fingerprint density at radius 3 is 2.70 bits per heavy atom. The van der Waals surface area contributed by atoms with Crippen LogP contribution in [0.25, 0.3) is 11.3 Å². The number of hydrogen-bond donors (Lipinski definition) is 0. The summed E-state index contributed by atoms with van der Waals surface area (Å²) in [6.07, 6.45) is 4.97. The molecule has 6 nitrogen and oxygen atoms in total. The molecule has 0 saturated heterocycles. The number of carbonyl (C=O) groups is 1. The number of esters is 1. The van der Waals surface area contributed by atoms with Crippen LogP contribution in [-0.4, -0.2) is 30.0 Å². The lowest BCUT2D eigenvalue weighted by Gasteiger charge is -2.13. The topological polar surface area (TPSA) is 62.6 Å². The second-order valence-electron chi connectivity index (χ2n) is 5.65. The van der Waals surface area contributed by atoms with Crippen LogP contribution in [0.3, 0.4) is 0 Å². The third-order valence-electron chi connectivity index (χ3n) is 3.93. The van der Waals surface area contributed by atoms with Crippen molar-refractivity contribution in [3.05, 3.63) is 84.4 Å². The van der Waals surface area contributed by atoms with Crippen LogP contribution >= 0.6 is 0 Å². The number of aromatic nitrogens is 2. The van der Waals surface area contributed by atoms with Crippen molar-refractivity contribution in [1.82, 2.24) is 9.78 Å². The molecular formula is C21H20N2O4. The quantitative estimate of drug-likeness (QED) is 0.364. The van der Waals surface area contributed by atoms with Gasteiger partial charge in [-0.05, 0) is 29.3 Å². The van der Waals surface area contributed by atoms with E-state index in [9.17, 15) is 4.79 Å². The fraction of sp³-hybridized carbons (Fsp3) is 0.143. The van der Waals surface area contributed by atoms with Gasteiger partial charge < -0.3 is 14.2 Å². The summed E-state index contributed by atoms with van der Waals surface area (Å²) in [6, 6.07) is 17.0. The van der Waals surface area contributed by atoms with E-state index in [1.807, 2.05) is 60.8 Å². The van der Waals surface area contributed by atoms with Crippen molar-refractivity contribution in [3.8, 4) is 11.4 Å². The average molecular weight is 364 g/mol. The summed E-state index contributed by atoms with van der Waals surface area (Å²) in [7, 11) is 2.83. The largest absolute Gasteiger partial charge is 0.503 e. The minimum Gasteiger partial charge on any atom is -0.503 e. The highest BCUT2D eigenvalue weighted by molar-refractivity contribution is 6.16. The van der Waals surface area contributed by atoms with E-state index in [1.54, 1.807) is 10.9 Å². The van der Waals surface area contributed by atoms with Gasteiger partial charge in [0.25, 0.3) is 0 Å². The highest BCUT2D eigenvalue weighted by Crippen LogP contribution is 2.23. The monoisotopic (exact) mass is 364 g/mol. The van der Waals surface area contributed by atoms with Crippen LogP contribution in [0.5, 0.6) is 5.75 Å². The standard InChI is InChI=1S/C21H20N2O4/c1-25-15-20(21(24)26-2)19-10-4-3-7-16(19)14-27-18-9-5-8-17(13-18)23-12-6-11-22-23/h3-13,15H,14H2,1-2H3/b20-15+. The summed E-state index contributed by atoms with van der Waals surface area (Å²) in [5.41, 5.74) is 2.79. The van der Waals surface area contributed by atoms with Crippen molar-refractivity contribution >= 4 is 11.5 Å². The van der Waals surface area contributed by atoms with Gasteiger partial charge in [-0.1, -0.05) is 30.3 Å². The van der Waals surface area contributed by atoms with Gasteiger partial charge in [0.2, 0.25) is 0 Å². The van der Waals surface area contributed by atoms with Crippen molar-refractivity contribution in [2.75, 3.05) is 14.2 Å². The Morgan fingerprint density at radius 2 is 1.96 bits per heavy atom. The van der Waals surface area contributed by atoms with Gasteiger partial charge in [-0.2, -0.15) is 5.10 Å². The molecule has 0 N–H and O–H groups in total. The van der Waals surface area contributed by atoms with E-state index in [0.29, 0.717) is 16.9 Å². The average Bonchev–Trinajstić information content (AvgIpc) is 3.25. The Kier molecular flexibility index (Phi) is 5.89. The van der Waals surface area contributed by atoms with Gasteiger partial charge in [-0.3, -0.25) is 0 Å². The zero-order valence-electron chi connectivity index (χ0n) is 15.2. The zero-order chi connectivity index (χ0) is 19.1. The molecule has 3 rings (SSSR count). The van der Waals surface area contributed by atoms with Crippen LogP contribution < -0.4 is 4.74 Å². The van der Waals surface area contributed by atoms with Gasteiger partial charge in [-0.15, -0.1) is 0 Å². The number of carbonyl (C=O) groups excluding carboxylic acids is 1. The molecule has 0 atom stereocenters. The van der Waals surface area contributed by atoms with Gasteiger partial charge in [0.1, 0.15) is 17.9 Å². The Morgan fingerprint density at radius 1 is 1.11 bits per heavy atom. The third-order valence-corrected chi connectivity index (χ3v) is 3.93. The number of benzene rings is 2. The summed E-state index contributed by atoms with van der Waals surface area (Å²) < 4.78 is 17.6. The molecule has 138 valence electrons. The molecule has 0 unspecified atom stereocenters. The molecule has 0 spiro atoms. The number of rotatable bonds is 7. The molecular weight excluding hydrogens is 344 g/mol. The van der Waals surface area contributed by atoms with E-state index >= 15 is 0 Å². The van der Waals surface area contributed by atoms with Crippen molar-refractivity contribution in [2.24, 2.45) is 0 Å². The lowest BCUT2D eigenvalue weighted by molar-refractivity contribution is -0.133. The highest BCUT2D eigenvalue weighted by atomic mass is 16.5. The van der Waals surface area contributed by atoms with Crippen LogP contribution in [0.4, 0.5) is 0 Å². The van der Waals surface area contributed by atoms with Crippen LogP contribution in [0.1, 0.15) is 11.1 Å². The number of ether oxygens (including phenoxy) is 3. The predicted octanol–water partition coefficient (Wildman–Crippen LogP) is 3.61. The van der Waals surface area contributed by atoms with E-state index in [4.69, 9.17) is 14.2 Å². The molecule has 0 aliphatic rings. The fourth-order valence-corrected chi connectivity index (χ4v) is 2.66. The lowest BCUT2D eigenvalue weighted by atomic mass is 10.0. The van der Waals surface area contributed by atoms with Gasteiger partial charge in [0, 0.05) is 18.5 Å². The maximum Gasteiger partial charge on any atom is 0.341 e. The molecule has 3 aromatic rings. The molecule has 0 aliphatic carbocycles. The first kappa shape index (κ1) is 18.3. The Hall–Kier alpha value is -3.54. The van der Waals surface area contributed by atoms with Crippen LogP contribution in [-0.2, 0) is 20.9 Å². The summed E-state index contributed by atoms with van der Waals surface area (Å²) in [5.74, 6) is 0.234. The maximum absolute atomic E-state index is 12.1. The second kappa shape index (κ2) is 8.71. The molecule has 0 fully saturated rings. The van der Waals surface area contributed by atoms with Crippen molar-refractivity contribution in [3.63, 3.8) is 0 Å². The molecule has 0 aliphatic heterocycles. The lowest BCUT2D eigenvalue weighted by Crippen LogP contribution is -2.08. The highest BCUT2D eigenvalue weighted by Gasteiger charge is 2.16. The van der Waals surface area contributed by atoms with Crippen LogP contribution in [0.2, 0.25) is 0 Å². The normalized spacial score (nSPS) is 11.1. The minimum absolute atomic E-state index is 0.288. The van der Waals surface area contributed by atoms with Crippen LogP contribution in [0.15, 0.2) is 73.3 Å². The Labute approximate surface area is 157 Å². The van der Waals surface area contributed by atoms with Crippen molar-refractivity contribution in [1.29, 1.82) is 0 Å². The summed E-state index contributed by atoms with van der Waals surface area (Å²) in [5, 5.41) is 4.22. The van der Waals surface area contributed by atoms with E-state index < -0.39 is 5.97 Å². The molecule has 0 saturated carbocycles. The van der Waals surface area contributed by atoms with E-state index in [0.717, 1.165) is 11.3 Å². The first-order valence-corrected chi connectivity index (χ1v) is 8.35. The summed E-state index contributed by atoms with van der Waals surface area (Å²) in [4.78, 5) is 12.1. The first-order valence-electron chi connectivity index (χ1n) is 8.35. The minimum atomic E-state index is -0.468. The molecule has 2 aromatic carbocycles. The smallest absolute Gasteiger partial charge is 0.341 e. The molecule has 0 bridgehead atoms. The van der Waals surface area contributed by atoms with E-state index in [1.165, 1.54) is 20.5 Å². The molecule has 0 radical (unpaired) electrons. The number of hydrogen-bond acceptors (Lipinski definition) is 5. The second-order valence-corrected chi connectivity index (χ2v) is 5.65. The Balaban J connectivity index is 1.82. The molecule has 1 heterocycles.